The van der Waals surface area contributed by atoms with Gasteiger partial charge in [-0.1, -0.05) is 77.8 Å². The van der Waals surface area contributed by atoms with E-state index in [0.29, 0.717) is 16.5 Å². The van der Waals surface area contributed by atoms with Gasteiger partial charge in [0.1, 0.15) is 5.82 Å². The highest BCUT2D eigenvalue weighted by Crippen LogP contribution is 2.31. The van der Waals surface area contributed by atoms with Gasteiger partial charge >= 0.3 is 0 Å². The van der Waals surface area contributed by atoms with Gasteiger partial charge in [-0.3, -0.25) is 0 Å². The van der Waals surface area contributed by atoms with Gasteiger partial charge in [0, 0.05) is 17.7 Å². The van der Waals surface area contributed by atoms with E-state index in [2.05, 4.69) is 47.4 Å². The quantitative estimate of drug-likeness (QED) is 0.444. The summed E-state index contributed by atoms with van der Waals surface area (Å²) in [6.45, 7) is 2.05. The van der Waals surface area contributed by atoms with Crippen molar-refractivity contribution in [2.45, 2.75) is 13.3 Å². The first-order valence-electron chi connectivity index (χ1n) is 8.10. The SMILES string of the molecule is Cc1[nH]c(Cc2cccc(Cl)c2Cl)nc1-c1cccc2ccccc12. The number of aryl methyl sites for hydroxylation is 1. The van der Waals surface area contributed by atoms with E-state index >= 15 is 0 Å². The van der Waals surface area contributed by atoms with Gasteiger partial charge in [0.25, 0.3) is 0 Å². The number of hydrogen-bond acceptors (Lipinski definition) is 1. The summed E-state index contributed by atoms with van der Waals surface area (Å²) in [5.41, 5.74) is 4.12. The van der Waals surface area contributed by atoms with Crippen LogP contribution >= 0.6 is 23.2 Å². The molecule has 2 nitrogen and oxygen atoms in total. The molecule has 0 aliphatic rings. The molecule has 1 N–H and O–H groups in total. The summed E-state index contributed by atoms with van der Waals surface area (Å²) in [7, 11) is 0. The average Bonchev–Trinajstić information content (AvgIpc) is 2.98. The van der Waals surface area contributed by atoms with E-state index < -0.39 is 0 Å². The topological polar surface area (TPSA) is 28.7 Å². The van der Waals surface area contributed by atoms with Gasteiger partial charge in [0.2, 0.25) is 0 Å². The number of rotatable bonds is 3. The van der Waals surface area contributed by atoms with Gasteiger partial charge in [-0.05, 0) is 29.3 Å². The minimum absolute atomic E-state index is 0.566. The van der Waals surface area contributed by atoms with Gasteiger partial charge in [-0.15, -0.1) is 0 Å². The molecule has 0 atom stereocenters. The standard InChI is InChI=1S/C21H16Cl2N2/c1-13-21(17-10-4-7-14-6-2-3-9-16(14)17)25-19(24-13)12-15-8-5-11-18(22)20(15)23/h2-11H,12H2,1H3,(H,24,25). The Labute approximate surface area is 156 Å². The van der Waals surface area contributed by atoms with Crippen molar-refractivity contribution in [3.8, 4) is 11.3 Å². The molecule has 4 heteroatoms. The Bertz CT molecular complexity index is 1060. The summed E-state index contributed by atoms with van der Waals surface area (Å²) in [4.78, 5) is 8.23. The monoisotopic (exact) mass is 366 g/mol. The second-order valence-electron chi connectivity index (χ2n) is 6.07. The molecule has 0 saturated carbocycles. The van der Waals surface area contributed by atoms with Crippen LogP contribution in [0.1, 0.15) is 17.1 Å². The van der Waals surface area contributed by atoms with Crippen LogP contribution in [-0.4, -0.2) is 9.97 Å². The van der Waals surface area contributed by atoms with Crippen molar-refractivity contribution in [2.75, 3.05) is 0 Å². The molecule has 4 rings (SSSR count). The molecule has 0 amide bonds. The van der Waals surface area contributed by atoms with E-state index in [0.717, 1.165) is 28.3 Å². The van der Waals surface area contributed by atoms with Gasteiger partial charge in [-0.25, -0.2) is 4.98 Å². The number of benzene rings is 3. The van der Waals surface area contributed by atoms with Crippen LogP contribution in [0.4, 0.5) is 0 Å². The Balaban J connectivity index is 1.77. The molecular formula is C21H16Cl2N2. The maximum absolute atomic E-state index is 6.31. The zero-order valence-corrected chi connectivity index (χ0v) is 15.2. The highest BCUT2D eigenvalue weighted by molar-refractivity contribution is 6.42. The molecule has 0 fully saturated rings. The molecule has 4 aromatic rings. The molecule has 0 aliphatic heterocycles. The third kappa shape index (κ3) is 3.04. The number of H-pyrrole nitrogens is 1. The Hall–Kier alpha value is -2.29. The molecule has 3 aromatic carbocycles. The largest absolute Gasteiger partial charge is 0.345 e. The molecule has 25 heavy (non-hydrogen) atoms. The van der Waals surface area contributed by atoms with Crippen molar-refractivity contribution < 1.29 is 0 Å². The summed E-state index contributed by atoms with van der Waals surface area (Å²) in [6.07, 6.45) is 0.616. The number of aromatic amines is 1. The van der Waals surface area contributed by atoms with Crippen molar-refractivity contribution in [3.63, 3.8) is 0 Å². The summed E-state index contributed by atoms with van der Waals surface area (Å²) in [5, 5.41) is 3.57. The maximum atomic E-state index is 6.31. The molecule has 0 unspecified atom stereocenters. The predicted octanol–water partition coefficient (Wildman–Crippen LogP) is 6.44. The Morgan fingerprint density at radius 1 is 0.920 bits per heavy atom. The van der Waals surface area contributed by atoms with Crippen molar-refractivity contribution >= 4 is 34.0 Å². The van der Waals surface area contributed by atoms with Gasteiger partial charge < -0.3 is 4.98 Å². The predicted molar refractivity (Wildman–Crippen MR) is 106 cm³/mol. The van der Waals surface area contributed by atoms with Crippen molar-refractivity contribution in [2.24, 2.45) is 0 Å². The Kier molecular flexibility index (Phi) is 4.24. The van der Waals surface area contributed by atoms with Gasteiger partial charge in [-0.2, -0.15) is 0 Å². The van der Waals surface area contributed by atoms with Crippen LogP contribution in [0.15, 0.2) is 60.7 Å². The van der Waals surface area contributed by atoms with Crippen LogP contribution < -0.4 is 0 Å². The lowest BCUT2D eigenvalue weighted by molar-refractivity contribution is 1.02. The first-order chi connectivity index (χ1) is 12.1. The van der Waals surface area contributed by atoms with E-state index in [1.54, 1.807) is 6.07 Å². The zero-order chi connectivity index (χ0) is 17.4. The molecule has 1 heterocycles. The van der Waals surface area contributed by atoms with E-state index in [1.807, 2.05) is 19.1 Å². The molecule has 0 saturated heterocycles. The smallest absolute Gasteiger partial charge is 0.111 e. The third-order valence-corrected chi connectivity index (χ3v) is 5.23. The Morgan fingerprint density at radius 2 is 1.68 bits per heavy atom. The minimum Gasteiger partial charge on any atom is -0.345 e. The number of nitrogens with one attached hydrogen (secondary N) is 1. The minimum atomic E-state index is 0.566. The van der Waals surface area contributed by atoms with Crippen molar-refractivity contribution in [1.29, 1.82) is 0 Å². The molecular weight excluding hydrogens is 351 g/mol. The number of hydrogen-bond donors (Lipinski definition) is 1. The summed E-state index contributed by atoms with van der Waals surface area (Å²) in [5.74, 6) is 0.879. The first kappa shape index (κ1) is 16.2. The highest BCUT2D eigenvalue weighted by atomic mass is 35.5. The van der Waals surface area contributed by atoms with E-state index in [4.69, 9.17) is 28.2 Å². The van der Waals surface area contributed by atoms with Crippen LogP contribution in [-0.2, 0) is 6.42 Å². The van der Waals surface area contributed by atoms with Gasteiger partial charge in [0.05, 0.1) is 15.7 Å². The summed E-state index contributed by atoms with van der Waals surface area (Å²) in [6, 6.07) is 20.3. The normalized spacial score (nSPS) is 11.2. The Morgan fingerprint density at radius 3 is 2.56 bits per heavy atom. The number of aromatic nitrogens is 2. The van der Waals surface area contributed by atoms with Crippen LogP contribution in [0.25, 0.3) is 22.0 Å². The van der Waals surface area contributed by atoms with E-state index in [9.17, 15) is 0 Å². The first-order valence-corrected chi connectivity index (χ1v) is 8.85. The average molecular weight is 367 g/mol. The van der Waals surface area contributed by atoms with Crippen LogP contribution in [0, 0.1) is 6.92 Å². The third-order valence-electron chi connectivity index (χ3n) is 4.37. The fourth-order valence-corrected chi connectivity index (χ4v) is 3.55. The highest BCUT2D eigenvalue weighted by Gasteiger charge is 2.13. The van der Waals surface area contributed by atoms with Crippen LogP contribution in [0.2, 0.25) is 10.0 Å². The fraction of sp³-hybridized carbons (Fsp3) is 0.0952. The fourth-order valence-electron chi connectivity index (χ4n) is 3.17. The number of fused-ring (bicyclic) bond motifs is 1. The van der Waals surface area contributed by atoms with Gasteiger partial charge in [0.15, 0.2) is 0 Å². The number of imidazole rings is 1. The van der Waals surface area contributed by atoms with E-state index in [-0.39, 0.29) is 0 Å². The van der Waals surface area contributed by atoms with E-state index in [1.165, 1.54) is 10.8 Å². The van der Waals surface area contributed by atoms with Crippen molar-refractivity contribution in [3.05, 3.63) is 87.8 Å². The summed E-state index contributed by atoms with van der Waals surface area (Å²) >= 11 is 12.4. The molecule has 0 radical (unpaired) electrons. The lowest BCUT2D eigenvalue weighted by Crippen LogP contribution is -1.92. The number of halogens is 2. The molecule has 0 bridgehead atoms. The maximum Gasteiger partial charge on any atom is 0.111 e. The molecule has 0 aliphatic carbocycles. The zero-order valence-electron chi connectivity index (χ0n) is 13.7. The lowest BCUT2D eigenvalue weighted by atomic mass is 10.0. The number of nitrogens with zero attached hydrogens (tertiary/aromatic N) is 1. The van der Waals surface area contributed by atoms with Crippen LogP contribution in [0.5, 0.6) is 0 Å². The molecule has 0 spiro atoms. The molecule has 1 aromatic heterocycles. The second kappa shape index (κ2) is 6.55. The molecule has 124 valence electrons. The second-order valence-corrected chi connectivity index (χ2v) is 6.86. The summed E-state index contributed by atoms with van der Waals surface area (Å²) < 4.78 is 0. The lowest BCUT2D eigenvalue weighted by Gasteiger charge is -2.05. The van der Waals surface area contributed by atoms with Crippen molar-refractivity contribution in [1.82, 2.24) is 9.97 Å². The van der Waals surface area contributed by atoms with Crippen LogP contribution in [0.3, 0.4) is 0 Å².